The molecule has 20 heavy (non-hydrogen) atoms. The Kier molecular flexibility index (Phi) is 3.44. The highest BCUT2D eigenvalue weighted by Crippen LogP contribution is 2.19. The van der Waals surface area contributed by atoms with Gasteiger partial charge in [-0.1, -0.05) is 23.7 Å². The number of hydrogen-bond donors (Lipinski definition) is 1. The molecule has 0 unspecified atom stereocenters. The number of fused-ring (bicyclic) bond motifs is 1. The van der Waals surface area contributed by atoms with Crippen LogP contribution in [-0.4, -0.2) is 4.98 Å². The molecule has 3 rings (SSSR count). The Morgan fingerprint density at radius 1 is 1.00 bits per heavy atom. The largest absolute Gasteiger partial charge is 0.489 e. The second-order valence-electron chi connectivity index (χ2n) is 4.49. The SMILES string of the molecule is O=c1ccc2cc(OCc3ccc(Cl)cc3)ccc2[nH]1. The van der Waals surface area contributed by atoms with Gasteiger partial charge in [-0.25, -0.2) is 0 Å². The summed E-state index contributed by atoms with van der Waals surface area (Å²) in [6, 6.07) is 16.4. The fourth-order valence-electron chi connectivity index (χ4n) is 1.97. The molecule has 4 heteroatoms. The molecule has 100 valence electrons. The number of hydrogen-bond acceptors (Lipinski definition) is 2. The number of aromatic nitrogens is 1. The summed E-state index contributed by atoms with van der Waals surface area (Å²) in [6.07, 6.45) is 0. The lowest BCUT2D eigenvalue weighted by molar-refractivity contribution is 0.306. The van der Waals surface area contributed by atoms with Crippen LogP contribution in [0.25, 0.3) is 10.9 Å². The van der Waals surface area contributed by atoms with Crippen molar-refractivity contribution < 1.29 is 4.74 Å². The molecule has 0 aliphatic carbocycles. The monoisotopic (exact) mass is 285 g/mol. The van der Waals surface area contributed by atoms with Crippen LogP contribution in [0.1, 0.15) is 5.56 Å². The summed E-state index contributed by atoms with van der Waals surface area (Å²) < 4.78 is 5.74. The van der Waals surface area contributed by atoms with Gasteiger partial charge in [0.2, 0.25) is 5.56 Å². The molecule has 0 saturated heterocycles. The van der Waals surface area contributed by atoms with Gasteiger partial charge in [0.1, 0.15) is 12.4 Å². The number of pyridine rings is 1. The zero-order chi connectivity index (χ0) is 13.9. The molecule has 0 aliphatic heterocycles. The third-order valence-corrected chi connectivity index (χ3v) is 3.27. The molecule has 1 aromatic heterocycles. The topological polar surface area (TPSA) is 42.1 Å². The minimum absolute atomic E-state index is 0.104. The van der Waals surface area contributed by atoms with E-state index in [9.17, 15) is 4.79 Å². The summed E-state index contributed by atoms with van der Waals surface area (Å²) in [7, 11) is 0. The lowest BCUT2D eigenvalue weighted by Crippen LogP contribution is -2.02. The van der Waals surface area contributed by atoms with Crippen LogP contribution >= 0.6 is 11.6 Å². The summed E-state index contributed by atoms with van der Waals surface area (Å²) >= 11 is 5.84. The minimum Gasteiger partial charge on any atom is -0.489 e. The molecule has 1 heterocycles. The Balaban J connectivity index is 1.79. The maximum atomic E-state index is 11.2. The molecule has 0 radical (unpaired) electrons. The van der Waals surface area contributed by atoms with Gasteiger partial charge in [-0.05, 0) is 42.0 Å². The number of rotatable bonds is 3. The third kappa shape index (κ3) is 2.83. The van der Waals surface area contributed by atoms with Crippen LogP contribution in [0.3, 0.4) is 0 Å². The Bertz CT molecular complexity index is 793. The molecule has 3 aromatic rings. The Morgan fingerprint density at radius 2 is 1.80 bits per heavy atom. The van der Waals surface area contributed by atoms with Crippen molar-refractivity contribution >= 4 is 22.5 Å². The maximum absolute atomic E-state index is 11.2. The molecular formula is C16H12ClNO2. The number of H-pyrrole nitrogens is 1. The second kappa shape index (κ2) is 5.39. The lowest BCUT2D eigenvalue weighted by Gasteiger charge is -2.07. The number of halogens is 1. The molecule has 0 spiro atoms. The molecule has 2 aromatic carbocycles. The van der Waals surface area contributed by atoms with Crippen molar-refractivity contribution in [2.45, 2.75) is 6.61 Å². The number of aromatic amines is 1. The fourth-order valence-corrected chi connectivity index (χ4v) is 2.10. The molecule has 0 aliphatic rings. The van der Waals surface area contributed by atoms with Gasteiger partial charge in [-0.15, -0.1) is 0 Å². The van der Waals surface area contributed by atoms with Crippen LogP contribution in [0.2, 0.25) is 5.02 Å². The normalized spacial score (nSPS) is 10.7. The van der Waals surface area contributed by atoms with E-state index >= 15 is 0 Å². The van der Waals surface area contributed by atoms with Crippen LogP contribution in [0.15, 0.2) is 59.4 Å². The van der Waals surface area contributed by atoms with Gasteiger partial charge in [0.15, 0.2) is 0 Å². The summed E-state index contributed by atoms with van der Waals surface area (Å²) in [5.74, 6) is 0.763. The van der Waals surface area contributed by atoms with E-state index in [-0.39, 0.29) is 5.56 Å². The van der Waals surface area contributed by atoms with Crippen LogP contribution in [0.5, 0.6) is 5.75 Å². The van der Waals surface area contributed by atoms with Gasteiger partial charge in [0.05, 0.1) is 0 Å². The highest BCUT2D eigenvalue weighted by molar-refractivity contribution is 6.30. The van der Waals surface area contributed by atoms with Crippen molar-refractivity contribution in [2.24, 2.45) is 0 Å². The van der Waals surface area contributed by atoms with E-state index in [4.69, 9.17) is 16.3 Å². The number of ether oxygens (including phenoxy) is 1. The van der Waals surface area contributed by atoms with Gasteiger partial charge in [-0.3, -0.25) is 4.79 Å². The summed E-state index contributed by atoms with van der Waals surface area (Å²) in [6.45, 7) is 0.478. The highest BCUT2D eigenvalue weighted by atomic mass is 35.5. The Morgan fingerprint density at radius 3 is 2.60 bits per heavy atom. The maximum Gasteiger partial charge on any atom is 0.248 e. The third-order valence-electron chi connectivity index (χ3n) is 3.01. The predicted molar refractivity (Wildman–Crippen MR) is 80.4 cm³/mol. The summed E-state index contributed by atoms with van der Waals surface area (Å²) in [5.41, 5.74) is 1.75. The smallest absolute Gasteiger partial charge is 0.248 e. The van der Waals surface area contributed by atoms with Crippen LogP contribution in [0, 0.1) is 0 Å². The van der Waals surface area contributed by atoms with Crippen molar-refractivity contribution in [1.82, 2.24) is 4.98 Å². The van der Waals surface area contributed by atoms with Crippen LogP contribution in [0.4, 0.5) is 0 Å². The Labute approximate surface area is 120 Å². The van der Waals surface area contributed by atoms with E-state index in [0.29, 0.717) is 11.6 Å². The average molecular weight is 286 g/mol. The van der Waals surface area contributed by atoms with E-state index in [0.717, 1.165) is 22.2 Å². The van der Waals surface area contributed by atoms with Crippen molar-refractivity contribution in [3.8, 4) is 5.75 Å². The zero-order valence-corrected chi connectivity index (χ0v) is 11.4. The zero-order valence-electron chi connectivity index (χ0n) is 10.6. The fraction of sp³-hybridized carbons (Fsp3) is 0.0625. The molecule has 1 N–H and O–H groups in total. The Hall–Kier alpha value is -2.26. The first-order valence-corrected chi connectivity index (χ1v) is 6.59. The van der Waals surface area contributed by atoms with Crippen LogP contribution in [-0.2, 0) is 6.61 Å². The van der Waals surface area contributed by atoms with E-state index in [1.807, 2.05) is 42.5 Å². The van der Waals surface area contributed by atoms with E-state index in [1.165, 1.54) is 6.07 Å². The minimum atomic E-state index is -0.104. The molecular weight excluding hydrogens is 274 g/mol. The first-order valence-electron chi connectivity index (χ1n) is 6.21. The van der Waals surface area contributed by atoms with Gasteiger partial charge >= 0.3 is 0 Å². The molecule has 0 amide bonds. The van der Waals surface area contributed by atoms with Gasteiger partial charge in [0.25, 0.3) is 0 Å². The summed E-state index contributed by atoms with van der Waals surface area (Å²) in [5, 5.41) is 1.65. The summed E-state index contributed by atoms with van der Waals surface area (Å²) in [4.78, 5) is 14.0. The van der Waals surface area contributed by atoms with Crippen molar-refractivity contribution in [1.29, 1.82) is 0 Å². The quantitative estimate of drug-likeness (QED) is 0.796. The lowest BCUT2D eigenvalue weighted by atomic mass is 10.2. The van der Waals surface area contributed by atoms with Crippen LogP contribution < -0.4 is 10.3 Å². The van der Waals surface area contributed by atoms with E-state index < -0.39 is 0 Å². The molecule has 3 nitrogen and oxygen atoms in total. The molecule has 0 saturated carbocycles. The average Bonchev–Trinajstić information content (AvgIpc) is 2.46. The molecule has 0 atom stereocenters. The highest BCUT2D eigenvalue weighted by Gasteiger charge is 1.99. The van der Waals surface area contributed by atoms with Gasteiger partial charge in [0, 0.05) is 22.0 Å². The van der Waals surface area contributed by atoms with Crippen molar-refractivity contribution in [3.05, 3.63) is 75.5 Å². The standard InChI is InChI=1S/C16H12ClNO2/c17-13-4-1-11(2-5-13)10-20-14-6-7-15-12(9-14)3-8-16(19)18-15/h1-9H,10H2,(H,18,19). The van der Waals surface area contributed by atoms with Gasteiger partial charge in [-0.2, -0.15) is 0 Å². The van der Waals surface area contributed by atoms with E-state index in [2.05, 4.69) is 4.98 Å². The second-order valence-corrected chi connectivity index (χ2v) is 4.92. The predicted octanol–water partition coefficient (Wildman–Crippen LogP) is 3.76. The first-order chi connectivity index (χ1) is 9.70. The molecule has 0 fully saturated rings. The molecule has 0 bridgehead atoms. The van der Waals surface area contributed by atoms with Crippen molar-refractivity contribution in [3.63, 3.8) is 0 Å². The van der Waals surface area contributed by atoms with Gasteiger partial charge < -0.3 is 9.72 Å². The van der Waals surface area contributed by atoms with E-state index in [1.54, 1.807) is 6.07 Å². The number of nitrogens with one attached hydrogen (secondary N) is 1. The number of benzene rings is 2. The van der Waals surface area contributed by atoms with Crippen molar-refractivity contribution in [2.75, 3.05) is 0 Å². The first kappa shape index (κ1) is 12.8.